The Morgan fingerprint density at radius 3 is 2.29 bits per heavy atom. The van der Waals surface area contributed by atoms with E-state index in [1.54, 1.807) is 0 Å². The second kappa shape index (κ2) is 4.41. The van der Waals surface area contributed by atoms with Crippen molar-refractivity contribution in [2.45, 2.75) is 0 Å². The summed E-state index contributed by atoms with van der Waals surface area (Å²) in [7, 11) is 0. The van der Waals surface area contributed by atoms with Gasteiger partial charge in [-0.05, 0) is 22.0 Å². The van der Waals surface area contributed by atoms with Gasteiger partial charge in [0, 0.05) is 11.6 Å². The summed E-state index contributed by atoms with van der Waals surface area (Å²) in [5.74, 6) is -3.45. The van der Waals surface area contributed by atoms with Crippen LogP contribution in [0.2, 0.25) is 0 Å². The summed E-state index contributed by atoms with van der Waals surface area (Å²) in [5.41, 5.74) is -0.487. The summed E-state index contributed by atoms with van der Waals surface area (Å²) >= 11 is 2.69. The number of aromatic hydroxyl groups is 1. The first-order valence-corrected chi connectivity index (χ1v) is 5.43. The maximum Gasteiger partial charge on any atom is 0.151 e. The van der Waals surface area contributed by atoms with E-state index in [-0.39, 0.29) is 11.3 Å². The van der Waals surface area contributed by atoms with Gasteiger partial charge in [-0.2, -0.15) is 0 Å². The Morgan fingerprint density at radius 1 is 1.00 bits per heavy atom. The number of rotatable bonds is 1. The van der Waals surface area contributed by atoms with Crippen molar-refractivity contribution in [2.75, 3.05) is 0 Å². The average Bonchev–Trinajstić information content (AvgIpc) is 2.29. The summed E-state index contributed by atoms with van der Waals surface area (Å²) in [6.45, 7) is 0. The molecular formula is C12H6BrF3O. The molecule has 0 heterocycles. The first kappa shape index (κ1) is 12.0. The van der Waals surface area contributed by atoms with Gasteiger partial charge in [0.05, 0.1) is 10.0 Å². The number of phenolic OH excluding ortho intramolecular Hbond substituents is 1. The lowest BCUT2D eigenvalue weighted by atomic mass is 10.0. The summed E-state index contributed by atoms with van der Waals surface area (Å²) in [5, 5.41) is 9.53. The lowest BCUT2D eigenvalue weighted by Gasteiger charge is -2.09. The number of hydrogen-bond acceptors (Lipinski definition) is 1. The molecule has 0 saturated heterocycles. The molecule has 0 unspecified atom stereocenters. The van der Waals surface area contributed by atoms with Crippen molar-refractivity contribution in [3.63, 3.8) is 0 Å². The van der Waals surface area contributed by atoms with E-state index in [4.69, 9.17) is 0 Å². The van der Waals surface area contributed by atoms with Gasteiger partial charge in [-0.15, -0.1) is 0 Å². The Kier molecular flexibility index (Phi) is 3.11. The molecule has 0 aliphatic rings. The number of phenols is 1. The minimum atomic E-state index is -1.08. The highest BCUT2D eigenvalue weighted by Crippen LogP contribution is 2.36. The minimum Gasteiger partial charge on any atom is -0.507 e. The Hall–Kier alpha value is -1.49. The van der Waals surface area contributed by atoms with Gasteiger partial charge >= 0.3 is 0 Å². The van der Waals surface area contributed by atoms with E-state index < -0.39 is 27.5 Å². The largest absolute Gasteiger partial charge is 0.507 e. The van der Waals surface area contributed by atoms with E-state index in [9.17, 15) is 18.3 Å². The fourth-order valence-electron chi connectivity index (χ4n) is 1.50. The van der Waals surface area contributed by atoms with Gasteiger partial charge in [0.1, 0.15) is 17.4 Å². The molecule has 0 aliphatic heterocycles. The van der Waals surface area contributed by atoms with Gasteiger partial charge in [-0.1, -0.05) is 18.2 Å². The third-order valence-corrected chi connectivity index (χ3v) is 3.01. The van der Waals surface area contributed by atoms with Crippen molar-refractivity contribution in [3.8, 4) is 16.9 Å². The van der Waals surface area contributed by atoms with Crippen LogP contribution in [0.5, 0.6) is 5.75 Å². The average molecular weight is 303 g/mol. The van der Waals surface area contributed by atoms with Crippen molar-refractivity contribution in [1.29, 1.82) is 0 Å². The Balaban J connectivity index is 2.77. The van der Waals surface area contributed by atoms with Crippen molar-refractivity contribution in [3.05, 3.63) is 52.3 Å². The molecule has 0 radical (unpaired) electrons. The van der Waals surface area contributed by atoms with Crippen LogP contribution in [0, 0.1) is 17.5 Å². The topological polar surface area (TPSA) is 20.2 Å². The standard InChI is InChI=1S/C12H6BrF3O/c13-11-8(15)5-7(14)10(12(11)16)6-3-1-2-4-9(6)17/h1-5,17H. The molecular weight excluding hydrogens is 297 g/mol. The Bertz CT molecular complexity index is 584. The molecule has 2 rings (SSSR count). The predicted octanol–water partition coefficient (Wildman–Crippen LogP) is 4.24. The summed E-state index contributed by atoms with van der Waals surface area (Å²) < 4.78 is 39.9. The highest BCUT2D eigenvalue weighted by atomic mass is 79.9. The van der Waals surface area contributed by atoms with Crippen molar-refractivity contribution < 1.29 is 18.3 Å². The van der Waals surface area contributed by atoms with Crippen molar-refractivity contribution in [1.82, 2.24) is 0 Å². The zero-order valence-corrected chi connectivity index (χ0v) is 9.93. The van der Waals surface area contributed by atoms with E-state index >= 15 is 0 Å². The van der Waals surface area contributed by atoms with Gasteiger partial charge in [0.15, 0.2) is 5.82 Å². The normalized spacial score (nSPS) is 10.6. The van der Waals surface area contributed by atoms with Crippen molar-refractivity contribution >= 4 is 15.9 Å². The monoisotopic (exact) mass is 302 g/mol. The molecule has 1 N–H and O–H groups in total. The van der Waals surface area contributed by atoms with Gasteiger partial charge in [-0.25, -0.2) is 13.2 Å². The van der Waals surface area contributed by atoms with Crippen molar-refractivity contribution in [2.24, 2.45) is 0 Å². The number of benzene rings is 2. The molecule has 0 saturated carbocycles. The summed E-state index contributed by atoms with van der Waals surface area (Å²) in [6.07, 6.45) is 0. The minimum absolute atomic E-state index is 0.0248. The van der Waals surface area contributed by atoms with Gasteiger partial charge in [-0.3, -0.25) is 0 Å². The second-order valence-electron chi connectivity index (χ2n) is 3.36. The fraction of sp³-hybridized carbons (Fsp3) is 0. The molecule has 0 atom stereocenters. The molecule has 0 spiro atoms. The van der Waals surface area contributed by atoms with Gasteiger partial charge in [0.2, 0.25) is 0 Å². The molecule has 5 heteroatoms. The third-order valence-electron chi connectivity index (χ3n) is 2.29. The van der Waals surface area contributed by atoms with E-state index in [0.29, 0.717) is 6.07 Å². The maximum absolute atomic E-state index is 13.8. The zero-order valence-electron chi connectivity index (χ0n) is 8.35. The van der Waals surface area contributed by atoms with Crippen LogP contribution in [-0.4, -0.2) is 5.11 Å². The lowest BCUT2D eigenvalue weighted by Crippen LogP contribution is -1.95. The summed E-state index contributed by atoms with van der Waals surface area (Å²) in [6, 6.07) is 6.25. The van der Waals surface area contributed by atoms with Gasteiger partial charge < -0.3 is 5.11 Å². The summed E-state index contributed by atoms with van der Waals surface area (Å²) in [4.78, 5) is 0. The quantitative estimate of drug-likeness (QED) is 0.617. The Labute approximate surface area is 104 Å². The molecule has 0 fully saturated rings. The molecule has 88 valence electrons. The molecule has 2 aromatic rings. The highest BCUT2D eigenvalue weighted by molar-refractivity contribution is 9.10. The second-order valence-corrected chi connectivity index (χ2v) is 4.15. The molecule has 17 heavy (non-hydrogen) atoms. The van der Waals surface area contributed by atoms with Crippen LogP contribution in [0.15, 0.2) is 34.8 Å². The van der Waals surface area contributed by atoms with Crippen LogP contribution >= 0.6 is 15.9 Å². The molecule has 2 aromatic carbocycles. The molecule has 0 bridgehead atoms. The van der Waals surface area contributed by atoms with E-state index in [1.165, 1.54) is 24.3 Å². The molecule has 0 aromatic heterocycles. The first-order valence-electron chi connectivity index (χ1n) is 4.63. The number of para-hydroxylation sites is 1. The SMILES string of the molecule is Oc1ccccc1-c1c(F)cc(F)c(Br)c1F. The van der Waals surface area contributed by atoms with E-state index in [0.717, 1.165) is 0 Å². The third kappa shape index (κ3) is 2.02. The Morgan fingerprint density at radius 2 is 1.65 bits per heavy atom. The van der Waals surface area contributed by atoms with Crippen LogP contribution in [0.25, 0.3) is 11.1 Å². The van der Waals surface area contributed by atoms with Crippen LogP contribution in [0.1, 0.15) is 0 Å². The van der Waals surface area contributed by atoms with E-state index in [1.807, 2.05) is 0 Å². The van der Waals surface area contributed by atoms with Crippen LogP contribution < -0.4 is 0 Å². The van der Waals surface area contributed by atoms with Gasteiger partial charge in [0.25, 0.3) is 0 Å². The zero-order chi connectivity index (χ0) is 12.6. The fourth-order valence-corrected chi connectivity index (χ4v) is 1.81. The number of halogens is 4. The molecule has 1 nitrogen and oxygen atoms in total. The maximum atomic E-state index is 13.8. The van der Waals surface area contributed by atoms with Crippen LogP contribution in [0.4, 0.5) is 13.2 Å². The predicted molar refractivity (Wildman–Crippen MR) is 61.1 cm³/mol. The smallest absolute Gasteiger partial charge is 0.151 e. The highest BCUT2D eigenvalue weighted by Gasteiger charge is 2.20. The van der Waals surface area contributed by atoms with Crippen LogP contribution in [-0.2, 0) is 0 Å². The van der Waals surface area contributed by atoms with Crippen LogP contribution in [0.3, 0.4) is 0 Å². The van der Waals surface area contributed by atoms with E-state index in [2.05, 4.69) is 15.9 Å². The lowest BCUT2D eigenvalue weighted by molar-refractivity contribution is 0.475. The molecule has 0 amide bonds. The number of hydrogen-bond donors (Lipinski definition) is 1. The molecule has 0 aliphatic carbocycles. The first-order chi connectivity index (χ1) is 8.02.